The normalized spacial score (nSPS) is 8.55. The first kappa shape index (κ1) is 7.70. The van der Waals surface area contributed by atoms with E-state index in [0.717, 1.165) is 5.69 Å². The van der Waals surface area contributed by atoms with Crippen molar-refractivity contribution >= 4 is 0 Å². The molecule has 3 nitrogen and oxygen atoms in total. The highest BCUT2D eigenvalue weighted by atomic mass is 14.8. The fourth-order valence-electron chi connectivity index (χ4n) is 0.665. The molecule has 0 aromatic carbocycles. The minimum Gasteiger partial charge on any atom is -0.320 e. The summed E-state index contributed by atoms with van der Waals surface area (Å²) in [6.45, 7) is 2.23. The predicted octanol–water partition coefficient (Wildman–Crippen LogP) is 0.0952. The third-order valence-corrected chi connectivity index (χ3v) is 1.19. The third kappa shape index (κ3) is 2.03. The van der Waals surface area contributed by atoms with Gasteiger partial charge in [0, 0.05) is 12.4 Å². The van der Waals surface area contributed by atoms with Gasteiger partial charge in [-0.3, -0.25) is 4.98 Å². The van der Waals surface area contributed by atoms with Crippen LogP contribution in [0.4, 0.5) is 0 Å². The number of nitrogens with two attached hydrogens (primary N) is 1. The second-order valence-electron chi connectivity index (χ2n) is 2.00. The molecular weight excluding hydrogens is 138 g/mol. The van der Waals surface area contributed by atoms with Gasteiger partial charge in [0.15, 0.2) is 0 Å². The molecule has 1 aromatic heterocycles. The molecule has 0 radical (unpaired) electrons. The summed E-state index contributed by atoms with van der Waals surface area (Å²) >= 11 is 0. The molecule has 0 fully saturated rings. The van der Waals surface area contributed by atoms with E-state index in [1.807, 2.05) is 6.92 Å². The monoisotopic (exact) mass is 147 g/mol. The van der Waals surface area contributed by atoms with Gasteiger partial charge in [0.2, 0.25) is 0 Å². The van der Waals surface area contributed by atoms with Crippen molar-refractivity contribution in [1.82, 2.24) is 9.97 Å². The molecule has 3 heteroatoms. The van der Waals surface area contributed by atoms with Crippen LogP contribution in [0.15, 0.2) is 12.4 Å². The minimum atomic E-state index is 0.357. The van der Waals surface area contributed by atoms with E-state index in [9.17, 15) is 0 Å². The lowest BCUT2D eigenvalue weighted by molar-refractivity contribution is 1.09. The van der Waals surface area contributed by atoms with Crippen LogP contribution in [0.2, 0.25) is 0 Å². The van der Waals surface area contributed by atoms with Crippen molar-refractivity contribution in [3.63, 3.8) is 0 Å². The first-order valence-electron chi connectivity index (χ1n) is 3.31. The van der Waals surface area contributed by atoms with Gasteiger partial charge in [0.25, 0.3) is 0 Å². The molecule has 2 N–H and O–H groups in total. The molecule has 0 saturated heterocycles. The van der Waals surface area contributed by atoms with Crippen molar-refractivity contribution < 1.29 is 0 Å². The topological polar surface area (TPSA) is 51.8 Å². The zero-order valence-electron chi connectivity index (χ0n) is 6.33. The minimum absolute atomic E-state index is 0.357. The standard InChI is InChI=1S/C8H9N3/c1-7-8(3-2-4-9)11-6-5-10-7/h5-6H,4,9H2,1H3. The van der Waals surface area contributed by atoms with Crippen LogP contribution in [-0.4, -0.2) is 16.5 Å². The second-order valence-corrected chi connectivity index (χ2v) is 2.00. The van der Waals surface area contributed by atoms with Crippen LogP contribution in [0.3, 0.4) is 0 Å². The molecule has 0 aliphatic heterocycles. The number of rotatable bonds is 0. The van der Waals surface area contributed by atoms with Crippen LogP contribution in [0, 0.1) is 18.8 Å². The maximum Gasteiger partial charge on any atom is 0.134 e. The smallest absolute Gasteiger partial charge is 0.134 e. The van der Waals surface area contributed by atoms with Gasteiger partial charge in [-0.2, -0.15) is 0 Å². The maximum absolute atomic E-state index is 5.20. The Bertz CT molecular complexity index is 296. The summed E-state index contributed by atoms with van der Waals surface area (Å²) in [5.41, 5.74) is 6.75. The Kier molecular flexibility index (Phi) is 2.59. The Morgan fingerprint density at radius 2 is 2.18 bits per heavy atom. The molecule has 0 bridgehead atoms. The summed E-state index contributed by atoms with van der Waals surface area (Å²) in [7, 11) is 0. The molecule has 0 spiro atoms. The molecule has 0 atom stereocenters. The predicted molar refractivity (Wildman–Crippen MR) is 42.7 cm³/mol. The summed E-state index contributed by atoms with van der Waals surface area (Å²) < 4.78 is 0. The quantitative estimate of drug-likeness (QED) is 0.529. The zero-order valence-corrected chi connectivity index (χ0v) is 6.33. The number of hydrogen-bond acceptors (Lipinski definition) is 3. The van der Waals surface area contributed by atoms with Crippen LogP contribution >= 0.6 is 0 Å². The molecule has 11 heavy (non-hydrogen) atoms. The highest BCUT2D eigenvalue weighted by Gasteiger charge is 1.92. The van der Waals surface area contributed by atoms with Crippen LogP contribution in [-0.2, 0) is 0 Å². The summed E-state index contributed by atoms with van der Waals surface area (Å²) in [4.78, 5) is 8.05. The molecule has 0 aliphatic rings. The van der Waals surface area contributed by atoms with Crippen LogP contribution < -0.4 is 5.73 Å². The van der Waals surface area contributed by atoms with Crippen molar-refractivity contribution in [3.05, 3.63) is 23.8 Å². The van der Waals surface area contributed by atoms with Gasteiger partial charge in [0.05, 0.1) is 12.2 Å². The Hall–Kier alpha value is -1.40. The molecule has 0 saturated carbocycles. The molecule has 1 rings (SSSR count). The van der Waals surface area contributed by atoms with Gasteiger partial charge in [-0.1, -0.05) is 5.92 Å². The largest absolute Gasteiger partial charge is 0.320 e. The van der Waals surface area contributed by atoms with Gasteiger partial charge >= 0.3 is 0 Å². The van der Waals surface area contributed by atoms with Gasteiger partial charge in [-0.15, -0.1) is 0 Å². The Balaban J connectivity index is 2.95. The fourth-order valence-corrected chi connectivity index (χ4v) is 0.665. The Morgan fingerprint density at radius 1 is 1.45 bits per heavy atom. The van der Waals surface area contributed by atoms with Gasteiger partial charge in [-0.25, -0.2) is 4.98 Å². The molecule has 56 valence electrons. The van der Waals surface area contributed by atoms with Crippen molar-refractivity contribution in [2.75, 3.05) is 6.54 Å². The van der Waals surface area contributed by atoms with Crippen LogP contribution in [0.1, 0.15) is 11.4 Å². The van der Waals surface area contributed by atoms with E-state index in [-0.39, 0.29) is 0 Å². The summed E-state index contributed by atoms with van der Waals surface area (Å²) in [5.74, 6) is 5.54. The van der Waals surface area contributed by atoms with Crippen LogP contribution in [0.5, 0.6) is 0 Å². The van der Waals surface area contributed by atoms with Gasteiger partial charge in [-0.05, 0) is 12.8 Å². The van der Waals surface area contributed by atoms with E-state index >= 15 is 0 Å². The van der Waals surface area contributed by atoms with Crippen molar-refractivity contribution in [1.29, 1.82) is 0 Å². The Morgan fingerprint density at radius 3 is 2.82 bits per heavy atom. The molecule has 1 aromatic rings. The maximum atomic E-state index is 5.20. The van der Waals surface area contributed by atoms with E-state index in [2.05, 4.69) is 21.8 Å². The summed E-state index contributed by atoms with van der Waals surface area (Å²) in [5, 5.41) is 0. The number of hydrogen-bond donors (Lipinski definition) is 1. The number of nitrogens with zero attached hydrogens (tertiary/aromatic N) is 2. The van der Waals surface area contributed by atoms with E-state index in [4.69, 9.17) is 5.73 Å². The molecular formula is C8H9N3. The SMILES string of the molecule is Cc1nccnc1C#CCN. The fraction of sp³-hybridized carbons (Fsp3) is 0.250. The second kappa shape index (κ2) is 3.69. The average molecular weight is 147 g/mol. The molecule has 1 heterocycles. The lowest BCUT2D eigenvalue weighted by atomic mass is 10.3. The van der Waals surface area contributed by atoms with E-state index in [0.29, 0.717) is 12.2 Å². The van der Waals surface area contributed by atoms with Crippen LogP contribution in [0.25, 0.3) is 0 Å². The van der Waals surface area contributed by atoms with Crippen molar-refractivity contribution in [2.24, 2.45) is 5.73 Å². The van der Waals surface area contributed by atoms with E-state index < -0.39 is 0 Å². The zero-order chi connectivity index (χ0) is 8.10. The molecule has 0 amide bonds. The number of aryl methyl sites for hydroxylation is 1. The molecule has 0 unspecified atom stereocenters. The lowest BCUT2D eigenvalue weighted by Gasteiger charge is -1.91. The summed E-state index contributed by atoms with van der Waals surface area (Å²) in [6.07, 6.45) is 3.26. The van der Waals surface area contributed by atoms with Gasteiger partial charge < -0.3 is 5.73 Å². The Labute approximate surface area is 65.7 Å². The first-order valence-corrected chi connectivity index (χ1v) is 3.31. The third-order valence-electron chi connectivity index (χ3n) is 1.19. The highest BCUT2D eigenvalue weighted by molar-refractivity contribution is 5.30. The molecule has 0 aliphatic carbocycles. The summed E-state index contributed by atoms with van der Waals surface area (Å²) in [6, 6.07) is 0. The lowest BCUT2D eigenvalue weighted by Crippen LogP contribution is -1.95. The highest BCUT2D eigenvalue weighted by Crippen LogP contribution is 1.95. The van der Waals surface area contributed by atoms with Crippen molar-refractivity contribution in [3.8, 4) is 11.8 Å². The van der Waals surface area contributed by atoms with Gasteiger partial charge in [0.1, 0.15) is 5.69 Å². The van der Waals surface area contributed by atoms with E-state index in [1.54, 1.807) is 12.4 Å². The van der Waals surface area contributed by atoms with E-state index in [1.165, 1.54) is 0 Å². The number of aromatic nitrogens is 2. The van der Waals surface area contributed by atoms with Crippen molar-refractivity contribution in [2.45, 2.75) is 6.92 Å². The first-order chi connectivity index (χ1) is 5.34. The average Bonchev–Trinajstić information content (AvgIpc) is 2.03.